The number of aromatic carboxylic acids is 1. The fraction of sp³-hybridized carbons (Fsp3) is 0. The van der Waals surface area contributed by atoms with Crippen molar-refractivity contribution >= 4 is 17.0 Å². The standard InChI is InChI=1S/C22H13N3O3/c26-20-18-7-3-11-24-21(18)25(14-19(20)22(27)28)17-6-1-4-15(12-17)8-9-16-5-2-10-23-13-16/h1-7,10-14H,(H,27,28). The largest absolute Gasteiger partial charge is 0.477 e. The highest BCUT2D eigenvalue weighted by molar-refractivity contribution is 5.92. The minimum Gasteiger partial charge on any atom is -0.477 e. The molecule has 4 aromatic rings. The number of carbonyl (C=O) groups is 1. The molecule has 1 aromatic carbocycles. The van der Waals surface area contributed by atoms with E-state index in [0.29, 0.717) is 11.3 Å². The van der Waals surface area contributed by atoms with Crippen LogP contribution in [0, 0.1) is 11.8 Å². The Labute approximate surface area is 159 Å². The topological polar surface area (TPSA) is 85.1 Å². The second-order valence-electron chi connectivity index (χ2n) is 5.96. The number of hydrogen-bond acceptors (Lipinski definition) is 4. The summed E-state index contributed by atoms with van der Waals surface area (Å²) in [4.78, 5) is 32.2. The van der Waals surface area contributed by atoms with Crippen molar-refractivity contribution in [2.75, 3.05) is 0 Å². The van der Waals surface area contributed by atoms with Crippen LogP contribution in [0.25, 0.3) is 16.7 Å². The Bertz CT molecular complexity index is 1320. The lowest BCUT2D eigenvalue weighted by Crippen LogP contribution is -2.18. The van der Waals surface area contributed by atoms with E-state index in [1.54, 1.807) is 41.4 Å². The molecule has 6 nitrogen and oxygen atoms in total. The number of fused-ring (bicyclic) bond motifs is 1. The normalized spacial score (nSPS) is 10.3. The second kappa shape index (κ2) is 7.17. The minimum atomic E-state index is -1.28. The van der Waals surface area contributed by atoms with Crippen LogP contribution in [-0.2, 0) is 0 Å². The zero-order chi connectivity index (χ0) is 19.5. The van der Waals surface area contributed by atoms with Crippen LogP contribution in [0.3, 0.4) is 0 Å². The average molecular weight is 367 g/mol. The van der Waals surface area contributed by atoms with Crippen LogP contribution in [0.15, 0.2) is 78.1 Å². The fourth-order valence-corrected chi connectivity index (χ4v) is 2.82. The average Bonchev–Trinajstić information content (AvgIpc) is 2.73. The van der Waals surface area contributed by atoms with E-state index in [1.165, 1.54) is 6.20 Å². The molecule has 0 aliphatic rings. The van der Waals surface area contributed by atoms with Crippen molar-refractivity contribution in [3.63, 3.8) is 0 Å². The second-order valence-corrected chi connectivity index (χ2v) is 5.96. The summed E-state index contributed by atoms with van der Waals surface area (Å²) in [6.45, 7) is 0. The smallest absolute Gasteiger partial charge is 0.341 e. The number of rotatable bonds is 2. The predicted molar refractivity (Wildman–Crippen MR) is 105 cm³/mol. The Hall–Kier alpha value is -4.24. The quantitative estimate of drug-likeness (QED) is 0.551. The number of carboxylic acid groups (broad SMARTS) is 1. The highest BCUT2D eigenvalue weighted by atomic mass is 16.4. The molecule has 0 unspecified atom stereocenters. The molecule has 0 atom stereocenters. The summed E-state index contributed by atoms with van der Waals surface area (Å²) in [6.07, 6.45) is 6.22. The summed E-state index contributed by atoms with van der Waals surface area (Å²) in [5.41, 5.74) is 1.70. The first-order valence-corrected chi connectivity index (χ1v) is 8.39. The minimum absolute atomic E-state index is 0.245. The van der Waals surface area contributed by atoms with E-state index in [0.717, 1.165) is 11.1 Å². The van der Waals surface area contributed by atoms with Gasteiger partial charge in [-0.15, -0.1) is 0 Å². The highest BCUT2D eigenvalue weighted by Crippen LogP contribution is 2.17. The van der Waals surface area contributed by atoms with Crippen LogP contribution in [0.1, 0.15) is 21.5 Å². The number of carboxylic acids is 1. The van der Waals surface area contributed by atoms with Gasteiger partial charge in [-0.1, -0.05) is 17.9 Å². The van der Waals surface area contributed by atoms with Crippen molar-refractivity contribution in [1.82, 2.24) is 14.5 Å². The van der Waals surface area contributed by atoms with E-state index in [9.17, 15) is 14.7 Å². The molecule has 0 saturated heterocycles. The van der Waals surface area contributed by atoms with Gasteiger partial charge in [-0.05, 0) is 42.5 Å². The monoisotopic (exact) mass is 367 g/mol. The van der Waals surface area contributed by atoms with Crippen LogP contribution in [-0.4, -0.2) is 25.6 Å². The third-order valence-corrected chi connectivity index (χ3v) is 4.13. The van der Waals surface area contributed by atoms with Crippen LogP contribution in [0.5, 0.6) is 0 Å². The predicted octanol–water partition coefficient (Wildman–Crippen LogP) is 2.88. The molecular weight excluding hydrogens is 354 g/mol. The molecule has 28 heavy (non-hydrogen) atoms. The first-order chi connectivity index (χ1) is 13.6. The fourth-order valence-electron chi connectivity index (χ4n) is 2.82. The molecule has 1 N–H and O–H groups in total. The Morgan fingerprint density at radius 1 is 1.00 bits per heavy atom. The summed E-state index contributed by atoms with van der Waals surface area (Å²) < 4.78 is 1.59. The molecule has 0 saturated carbocycles. The van der Waals surface area contributed by atoms with Gasteiger partial charge in [0.25, 0.3) is 0 Å². The SMILES string of the molecule is O=C(O)c1cn(-c2cccc(C#Cc3cccnc3)c2)c2ncccc2c1=O. The maximum atomic E-state index is 12.4. The molecule has 0 amide bonds. The maximum Gasteiger partial charge on any atom is 0.341 e. The number of hydrogen-bond donors (Lipinski definition) is 1. The maximum absolute atomic E-state index is 12.4. The van der Waals surface area contributed by atoms with Crippen LogP contribution >= 0.6 is 0 Å². The summed E-state index contributed by atoms with van der Waals surface area (Å²) in [7, 11) is 0. The van der Waals surface area contributed by atoms with Crippen LogP contribution in [0.2, 0.25) is 0 Å². The van der Waals surface area contributed by atoms with Gasteiger partial charge in [0.05, 0.1) is 5.39 Å². The molecular formula is C22H13N3O3. The van der Waals surface area contributed by atoms with Crippen molar-refractivity contribution in [2.24, 2.45) is 0 Å². The van der Waals surface area contributed by atoms with Gasteiger partial charge < -0.3 is 9.67 Å². The van der Waals surface area contributed by atoms with Gasteiger partial charge >= 0.3 is 5.97 Å². The summed E-state index contributed by atoms with van der Waals surface area (Å²) >= 11 is 0. The number of pyridine rings is 3. The van der Waals surface area contributed by atoms with Gasteiger partial charge in [0.15, 0.2) is 0 Å². The molecule has 0 aliphatic carbocycles. The molecule has 0 bridgehead atoms. The van der Waals surface area contributed by atoms with Crippen molar-refractivity contribution in [2.45, 2.75) is 0 Å². The molecule has 3 heterocycles. The first-order valence-electron chi connectivity index (χ1n) is 8.39. The lowest BCUT2D eigenvalue weighted by atomic mass is 10.1. The van der Waals surface area contributed by atoms with Crippen molar-refractivity contribution in [3.8, 4) is 17.5 Å². The lowest BCUT2D eigenvalue weighted by molar-refractivity contribution is 0.0695. The Balaban J connectivity index is 1.88. The summed E-state index contributed by atoms with van der Waals surface area (Å²) in [5, 5.41) is 9.64. The first kappa shape index (κ1) is 17.2. The van der Waals surface area contributed by atoms with E-state index >= 15 is 0 Å². The molecule has 4 rings (SSSR count). The van der Waals surface area contributed by atoms with Gasteiger partial charge in [0.1, 0.15) is 11.2 Å². The van der Waals surface area contributed by atoms with Crippen LogP contribution < -0.4 is 5.43 Å². The van der Waals surface area contributed by atoms with E-state index < -0.39 is 11.4 Å². The third-order valence-electron chi connectivity index (χ3n) is 4.13. The van der Waals surface area contributed by atoms with E-state index in [1.807, 2.05) is 30.3 Å². The zero-order valence-electron chi connectivity index (χ0n) is 14.5. The van der Waals surface area contributed by atoms with Gasteiger partial charge in [-0.2, -0.15) is 0 Å². The van der Waals surface area contributed by atoms with Gasteiger partial charge in [0, 0.05) is 41.6 Å². The van der Waals surface area contributed by atoms with Gasteiger partial charge in [-0.3, -0.25) is 9.78 Å². The Kier molecular flexibility index (Phi) is 4.40. The molecule has 0 radical (unpaired) electrons. The van der Waals surface area contributed by atoms with E-state index in [4.69, 9.17) is 0 Å². The molecule has 134 valence electrons. The molecule has 0 spiro atoms. The summed E-state index contributed by atoms with van der Waals surface area (Å²) in [5.74, 6) is 4.82. The van der Waals surface area contributed by atoms with Gasteiger partial charge in [0.2, 0.25) is 5.43 Å². The van der Waals surface area contributed by atoms with Crippen LogP contribution in [0.4, 0.5) is 0 Å². The Morgan fingerprint density at radius 3 is 2.57 bits per heavy atom. The van der Waals surface area contributed by atoms with Crippen molar-refractivity contribution in [3.05, 3.63) is 100 Å². The molecule has 0 fully saturated rings. The Morgan fingerprint density at radius 2 is 1.79 bits per heavy atom. The lowest BCUT2D eigenvalue weighted by Gasteiger charge is -2.11. The molecule has 0 aliphatic heterocycles. The van der Waals surface area contributed by atoms with Crippen molar-refractivity contribution in [1.29, 1.82) is 0 Å². The number of aromatic nitrogens is 3. The van der Waals surface area contributed by atoms with E-state index in [-0.39, 0.29) is 10.9 Å². The van der Waals surface area contributed by atoms with Gasteiger partial charge in [-0.25, -0.2) is 9.78 Å². The van der Waals surface area contributed by atoms with Crippen molar-refractivity contribution < 1.29 is 9.90 Å². The number of nitrogens with zero attached hydrogens (tertiary/aromatic N) is 3. The summed E-state index contributed by atoms with van der Waals surface area (Å²) in [6, 6.07) is 14.1. The zero-order valence-corrected chi connectivity index (χ0v) is 14.5. The number of benzene rings is 1. The molecule has 3 aromatic heterocycles. The van der Waals surface area contributed by atoms with E-state index in [2.05, 4.69) is 21.8 Å². The third kappa shape index (κ3) is 3.24. The highest BCUT2D eigenvalue weighted by Gasteiger charge is 2.15. The molecule has 6 heteroatoms.